The van der Waals surface area contributed by atoms with E-state index in [1.807, 2.05) is 6.92 Å². The highest BCUT2D eigenvalue weighted by atomic mass is 16.5. The number of benzene rings is 3. The van der Waals surface area contributed by atoms with Crippen molar-refractivity contribution in [2.75, 3.05) is 42.6 Å². The third kappa shape index (κ3) is 3.74. The van der Waals surface area contributed by atoms with Crippen molar-refractivity contribution in [3.63, 3.8) is 0 Å². The summed E-state index contributed by atoms with van der Waals surface area (Å²) in [7, 11) is 0. The van der Waals surface area contributed by atoms with Crippen LogP contribution in [0.5, 0.6) is 0 Å². The Morgan fingerprint density at radius 3 is 2.50 bits per heavy atom. The minimum Gasteiger partial charge on any atom is -0.380 e. The highest BCUT2D eigenvalue weighted by molar-refractivity contribution is 6.01. The molecule has 3 aromatic rings. The third-order valence-corrected chi connectivity index (χ3v) is 5.96. The number of likely N-dealkylation sites (N-methyl/N-ethyl adjacent to an activating group) is 1. The Morgan fingerprint density at radius 2 is 1.80 bits per heavy atom. The summed E-state index contributed by atoms with van der Waals surface area (Å²) in [6.45, 7) is 8.28. The standard InChI is InChI=1S/C26H29N3O/c1-3-28(18-19-30-4-2)22-14-12-21(13-15-22)26-23-10-5-8-20-9-6-11-24(25(20)23)29(26)17-7-16-27/h5-6,8-15,26H,3-4,7,17-19H2,1-2H3. The van der Waals surface area contributed by atoms with Gasteiger partial charge in [0, 0.05) is 43.0 Å². The van der Waals surface area contributed by atoms with E-state index < -0.39 is 0 Å². The molecule has 3 aromatic carbocycles. The molecule has 0 aliphatic carbocycles. The molecule has 30 heavy (non-hydrogen) atoms. The first kappa shape index (κ1) is 20.3. The molecule has 0 bridgehead atoms. The molecule has 0 spiro atoms. The van der Waals surface area contributed by atoms with E-state index >= 15 is 0 Å². The van der Waals surface area contributed by atoms with Gasteiger partial charge in [0.15, 0.2) is 0 Å². The van der Waals surface area contributed by atoms with Gasteiger partial charge in [0.1, 0.15) is 0 Å². The van der Waals surface area contributed by atoms with Crippen molar-refractivity contribution in [2.45, 2.75) is 26.3 Å². The first-order valence-electron chi connectivity index (χ1n) is 10.9. The molecule has 154 valence electrons. The van der Waals surface area contributed by atoms with Crippen LogP contribution < -0.4 is 9.80 Å². The quantitative estimate of drug-likeness (QED) is 0.444. The number of ether oxygens (including phenoxy) is 1. The summed E-state index contributed by atoms with van der Waals surface area (Å²) in [5, 5.41) is 11.8. The lowest BCUT2D eigenvalue weighted by atomic mass is 9.96. The van der Waals surface area contributed by atoms with Gasteiger partial charge in [-0.05, 0) is 48.6 Å². The molecule has 1 aliphatic rings. The van der Waals surface area contributed by atoms with E-state index in [2.05, 4.69) is 83.5 Å². The van der Waals surface area contributed by atoms with Crippen LogP contribution in [0.4, 0.5) is 11.4 Å². The zero-order valence-electron chi connectivity index (χ0n) is 17.8. The molecule has 0 aromatic heterocycles. The van der Waals surface area contributed by atoms with E-state index in [0.29, 0.717) is 6.42 Å². The first-order chi connectivity index (χ1) is 14.8. The summed E-state index contributed by atoms with van der Waals surface area (Å²) in [5.41, 5.74) is 5.05. The van der Waals surface area contributed by atoms with E-state index in [-0.39, 0.29) is 6.04 Å². The summed E-state index contributed by atoms with van der Waals surface area (Å²) in [6, 6.07) is 24.4. The second kappa shape index (κ2) is 9.19. The number of hydrogen-bond donors (Lipinski definition) is 0. The van der Waals surface area contributed by atoms with Gasteiger partial charge in [-0.15, -0.1) is 0 Å². The van der Waals surface area contributed by atoms with Crippen LogP contribution >= 0.6 is 0 Å². The molecule has 4 heteroatoms. The number of nitriles is 1. The van der Waals surface area contributed by atoms with Crippen molar-refractivity contribution < 1.29 is 4.74 Å². The zero-order valence-corrected chi connectivity index (χ0v) is 17.8. The molecule has 0 saturated heterocycles. The van der Waals surface area contributed by atoms with E-state index in [9.17, 15) is 5.26 Å². The number of nitrogens with zero attached hydrogens (tertiary/aromatic N) is 3. The van der Waals surface area contributed by atoms with Crippen molar-refractivity contribution in [1.82, 2.24) is 0 Å². The maximum atomic E-state index is 9.22. The summed E-state index contributed by atoms with van der Waals surface area (Å²) in [4.78, 5) is 4.74. The molecule has 0 saturated carbocycles. The summed E-state index contributed by atoms with van der Waals surface area (Å²) >= 11 is 0. The van der Waals surface area contributed by atoms with Crippen LogP contribution in [-0.2, 0) is 4.74 Å². The van der Waals surface area contributed by atoms with Crippen LogP contribution in [0.3, 0.4) is 0 Å². The SMILES string of the molecule is CCOCCN(CC)c1ccc(C2c3cccc4cccc(c34)N2CCC#N)cc1. The Labute approximate surface area is 179 Å². The molecule has 0 amide bonds. The summed E-state index contributed by atoms with van der Waals surface area (Å²) in [5.74, 6) is 0. The average molecular weight is 400 g/mol. The van der Waals surface area contributed by atoms with Gasteiger partial charge >= 0.3 is 0 Å². The third-order valence-electron chi connectivity index (χ3n) is 5.96. The van der Waals surface area contributed by atoms with Gasteiger partial charge in [0.2, 0.25) is 0 Å². The van der Waals surface area contributed by atoms with Crippen LogP contribution in [-0.4, -0.2) is 32.8 Å². The van der Waals surface area contributed by atoms with Gasteiger partial charge in [0.25, 0.3) is 0 Å². The predicted molar refractivity (Wildman–Crippen MR) is 124 cm³/mol. The smallest absolute Gasteiger partial charge is 0.0803 e. The summed E-state index contributed by atoms with van der Waals surface area (Å²) in [6.07, 6.45) is 0.514. The Hall–Kier alpha value is -3.03. The second-order valence-electron chi connectivity index (χ2n) is 7.59. The van der Waals surface area contributed by atoms with Gasteiger partial charge in [-0.3, -0.25) is 0 Å². The molecule has 1 unspecified atom stereocenters. The number of rotatable bonds is 9. The lowest BCUT2D eigenvalue weighted by molar-refractivity contribution is 0.154. The highest BCUT2D eigenvalue weighted by Gasteiger charge is 2.32. The second-order valence-corrected chi connectivity index (χ2v) is 7.59. The van der Waals surface area contributed by atoms with Crippen molar-refractivity contribution in [3.05, 3.63) is 71.8 Å². The lowest BCUT2D eigenvalue weighted by Gasteiger charge is -2.29. The van der Waals surface area contributed by atoms with E-state index in [1.165, 1.54) is 33.3 Å². The van der Waals surface area contributed by atoms with Gasteiger partial charge in [-0.2, -0.15) is 5.26 Å². The fraction of sp³-hybridized carbons (Fsp3) is 0.346. The monoisotopic (exact) mass is 399 g/mol. The van der Waals surface area contributed by atoms with Gasteiger partial charge in [-0.25, -0.2) is 0 Å². The molecular formula is C26H29N3O. The van der Waals surface area contributed by atoms with Gasteiger partial charge in [0.05, 0.1) is 25.1 Å². The summed E-state index contributed by atoms with van der Waals surface area (Å²) < 4.78 is 5.54. The number of anilines is 2. The van der Waals surface area contributed by atoms with Crippen LogP contribution in [0.1, 0.15) is 37.4 Å². The van der Waals surface area contributed by atoms with Crippen LogP contribution in [0.15, 0.2) is 60.7 Å². The maximum absolute atomic E-state index is 9.22. The van der Waals surface area contributed by atoms with Crippen LogP contribution in [0.25, 0.3) is 10.8 Å². The predicted octanol–water partition coefficient (Wildman–Crippen LogP) is 5.53. The van der Waals surface area contributed by atoms with E-state index in [4.69, 9.17) is 4.74 Å². The molecule has 0 N–H and O–H groups in total. The first-order valence-corrected chi connectivity index (χ1v) is 10.9. The highest BCUT2D eigenvalue weighted by Crippen LogP contribution is 2.47. The van der Waals surface area contributed by atoms with E-state index in [0.717, 1.165) is 32.8 Å². The topological polar surface area (TPSA) is 39.5 Å². The molecule has 0 radical (unpaired) electrons. The largest absolute Gasteiger partial charge is 0.380 e. The van der Waals surface area contributed by atoms with Crippen molar-refractivity contribution >= 4 is 22.1 Å². The molecule has 4 nitrogen and oxygen atoms in total. The van der Waals surface area contributed by atoms with Gasteiger partial charge < -0.3 is 14.5 Å². The minimum atomic E-state index is 0.145. The fourth-order valence-corrected chi connectivity index (χ4v) is 4.56. The van der Waals surface area contributed by atoms with Gasteiger partial charge in [-0.1, -0.05) is 42.5 Å². The molecule has 0 fully saturated rings. The zero-order chi connectivity index (χ0) is 20.9. The van der Waals surface area contributed by atoms with Crippen LogP contribution in [0.2, 0.25) is 0 Å². The van der Waals surface area contributed by atoms with Crippen molar-refractivity contribution in [1.29, 1.82) is 5.26 Å². The lowest BCUT2D eigenvalue weighted by Crippen LogP contribution is -2.28. The fourth-order valence-electron chi connectivity index (χ4n) is 4.56. The molecular weight excluding hydrogens is 370 g/mol. The average Bonchev–Trinajstić information content (AvgIpc) is 3.11. The van der Waals surface area contributed by atoms with Crippen LogP contribution in [0, 0.1) is 11.3 Å². The van der Waals surface area contributed by atoms with Crippen molar-refractivity contribution in [3.8, 4) is 6.07 Å². The molecule has 1 heterocycles. The molecule has 1 atom stereocenters. The number of hydrogen-bond acceptors (Lipinski definition) is 4. The van der Waals surface area contributed by atoms with E-state index in [1.54, 1.807) is 0 Å². The Balaban J connectivity index is 1.67. The Kier molecular flexibility index (Phi) is 6.21. The Bertz CT molecular complexity index is 1030. The Morgan fingerprint density at radius 1 is 1.03 bits per heavy atom. The maximum Gasteiger partial charge on any atom is 0.0803 e. The van der Waals surface area contributed by atoms with Crippen molar-refractivity contribution in [2.24, 2.45) is 0 Å². The minimum absolute atomic E-state index is 0.145. The normalized spacial score (nSPS) is 14.8. The molecule has 1 aliphatic heterocycles. The molecule has 4 rings (SSSR count).